The maximum Gasteiger partial charge on any atom is 0.226 e. The van der Waals surface area contributed by atoms with E-state index in [1.807, 2.05) is 47.4 Å². The first-order valence-electron chi connectivity index (χ1n) is 8.94. The number of rotatable bonds is 5. The third-order valence-corrected chi connectivity index (χ3v) is 5.14. The molecule has 0 unspecified atom stereocenters. The van der Waals surface area contributed by atoms with Gasteiger partial charge in [-0.05, 0) is 42.0 Å². The molecule has 2 aromatic rings. The molecule has 4 nitrogen and oxygen atoms in total. The topological polar surface area (TPSA) is 49.8 Å². The zero-order chi connectivity index (χ0) is 17.2. The minimum Gasteiger partial charge on any atom is -0.489 e. The van der Waals surface area contributed by atoms with Crippen molar-refractivity contribution in [2.45, 2.75) is 31.5 Å². The number of benzene rings is 2. The number of hydrogen-bond acceptors (Lipinski definition) is 3. The van der Waals surface area contributed by atoms with E-state index in [0.717, 1.165) is 17.7 Å². The summed E-state index contributed by atoms with van der Waals surface area (Å²) in [6.07, 6.45) is 1.27. The van der Waals surface area contributed by atoms with Crippen LogP contribution in [-0.4, -0.2) is 35.1 Å². The lowest BCUT2D eigenvalue weighted by atomic mass is 10.1. The summed E-state index contributed by atoms with van der Waals surface area (Å²) in [4.78, 5) is 14.3. The molecule has 4 heteroatoms. The van der Waals surface area contributed by atoms with E-state index in [-0.39, 0.29) is 17.9 Å². The van der Waals surface area contributed by atoms with Crippen LogP contribution in [0.15, 0.2) is 54.6 Å². The van der Waals surface area contributed by atoms with E-state index in [4.69, 9.17) is 4.74 Å². The highest BCUT2D eigenvalue weighted by molar-refractivity contribution is 5.83. The molecule has 0 aromatic heterocycles. The molecule has 0 spiro atoms. The Kier molecular flexibility index (Phi) is 4.45. The van der Waals surface area contributed by atoms with Gasteiger partial charge < -0.3 is 14.7 Å². The Bertz CT molecular complexity index is 729. The summed E-state index contributed by atoms with van der Waals surface area (Å²) < 4.78 is 5.81. The lowest BCUT2D eigenvalue weighted by molar-refractivity contribution is -0.131. The second-order valence-corrected chi connectivity index (χ2v) is 7.02. The number of likely N-dealkylation sites (tertiary alicyclic amines) is 1. The molecule has 25 heavy (non-hydrogen) atoms. The quantitative estimate of drug-likeness (QED) is 0.912. The van der Waals surface area contributed by atoms with Crippen molar-refractivity contribution in [3.63, 3.8) is 0 Å². The molecule has 1 amide bonds. The molecule has 3 atom stereocenters. The molecule has 0 radical (unpaired) electrons. The van der Waals surface area contributed by atoms with Crippen LogP contribution in [0.1, 0.15) is 29.9 Å². The molecule has 130 valence electrons. The average molecular weight is 337 g/mol. The second kappa shape index (κ2) is 6.89. The highest BCUT2D eigenvalue weighted by Gasteiger charge is 2.46. The number of nitrogens with zero attached hydrogens (tertiary/aromatic N) is 1. The van der Waals surface area contributed by atoms with E-state index in [2.05, 4.69) is 12.1 Å². The first-order valence-corrected chi connectivity index (χ1v) is 8.94. The lowest BCUT2D eigenvalue weighted by Gasteiger charge is -2.15. The summed E-state index contributed by atoms with van der Waals surface area (Å²) >= 11 is 0. The van der Waals surface area contributed by atoms with Gasteiger partial charge in [-0.15, -0.1) is 0 Å². The molecule has 2 aliphatic rings. The van der Waals surface area contributed by atoms with Crippen LogP contribution in [0.25, 0.3) is 0 Å². The van der Waals surface area contributed by atoms with Gasteiger partial charge in [-0.1, -0.05) is 42.5 Å². The van der Waals surface area contributed by atoms with Crippen LogP contribution in [-0.2, 0) is 11.4 Å². The van der Waals surface area contributed by atoms with E-state index in [1.165, 1.54) is 5.56 Å². The first-order chi connectivity index (χ1) is 12.2. The lowest BCUT2D eigenvalue weighted by Crippen LogP contribution is -2.31. The van der Waals surface area contributed by atoms with Crippen LogP contribution < -0.4 is 4.74 Å². The van der Waals surface area contributed by atoms with Crippen LogP contribution in [0.3, 0.4) is 0 Å². The van der Waals surface area contributed by atoms with Gasteiger partial charge in [0.15, 0.2) is 0 Å². The molecule has 2 aromatic carbocycles. The highest BCUT2D eigenvalue weighted by atomic mass is 16.5. The highest BCUT2D eigenvalue weighted by Crippen LogP contribution is 2.49. The SMILES string of the molecule is O=C([C@H]1C[C@@H]1c1ccc(OCc2ccccc2)cc1)N1CC[C@H](O)C1. The van der Waals surface area contributed by atoms with Crippen molar-refractivity contribution in [3.05, 3.63) is 65.7 Å². The van der Waals surface area contributed by atoms with E-state index in [1.54, 1.807) is 0 Å². The van der Waals surface area contributed by atoms with Gasteiger partial charge in [0.25, 0.3) is 0 Å². The third kappa shape index (κ3) is 3.69. The number of ether oxygens (including phenoxy) is 1. The monoisotopic (exact) mass is 337 g/mol. The standard InChI is InChI=1S/C21H23NO3/c23-17-10-11-22(13-17)21(24)20-12-19(20)16-6-8-18(9-7-16)25-14-15-4-2-1-3-5-15/h1-9,17,19-20,23H,10-14H2/t17-,19+,20-/m0/s1. The molecule has 1 heterocycles. The number of amides is 1. The Morgan fingerprint density at radius 1 is 1.12 bits per heavy atom. The fourth-order valence-electron chi connectivity index (χ4n) is 3.56. The van der Waals surface area contributed by atoms with Crippen molar-refractivity contribution >= 4 is 5.91 Å². The van der Waals surface area contributed by atoms with Gasteiger partial charge in [-0.3, -0.25) is 4.79 Å². The second-order valence-electron chi connectivity index (χ2n) is 7.02. The van der Waals surface area contributed by atoms with Crippen molar-refractivity contribution in [3.8, 4) is 5.75 Å². The number of aliphatic hydroxyl groups excluding tert-OH is 1. The number of β-amino-alcohol motifs (C(OH)–C–C–N with tert-alkyl or cyclic N) is 1. The summed E-state index contributed by atoms with van der Waals surface area (Å²) in [6, 6.07) is 18.2. The van der Waals surface area contributed by atoms with Gasteiger partial charge in [0.2, 0.25) is 5.91 Å². The summed E-state index contributed by atoms with van der Waals surface area (Å²) in [7, 11) is 0. The van der Waals surface area contributed by atoms with Gasteiger partial charge in [-0.25, -0.2) is 0 Å². The van der Waals surface area contributed by atoms with Crippen LogP contribution >= 0.6 is 0 Å². The van der Waals surface area contributed by atoms with Crippen molar-refractivity contribution in [1.29, 1.82) is 0 Å². The predicted molar refractivity (Wildman–Crippen MR) is 95.3 cm³/mol. The molecule has 2 fully saturated rings. The van der Waals surface area contributed by atoms with E-state index in [9.17, 15) is 9.90 Å². The normalized spacial score (nSPS) is 25.0. The van der Waals surface area contributed by atoms with Crippen LogP contribution in [0.4, 0.5) is 0 Å². The van der Waals surface area contributed by atoms with E-state index in [0.29, 0.717) is 32.0 Å². The largest absolute Gasteiger partial charge is 0.489 e. The Morgan fingerprint density at radius 3 is 2.56 bits per heavy atom. The smallest absolute Gasteiger partial charge is 0.226 e. The molecule has 0 bridgehead atoms. The number of hydrogen-bond donors (Lipinski definition) is 1. The number of carbonyl (C=O) groups excluding carboxylic acids is 1. The molecule has 1 aliphatic carbocycles. The van der Waals surface area contributed by atoms with E-state index >= 15 is 0 Å². The molecule has 1 N–H and O–H groups in total. The molecular formula is C21H23NO3. The fraction of sp³-hybridized carbons (Fsp3) is 0.381. The van der Waals surface area contributed by atoms with Crippen molar-refractivity contribution in [2.75, 3.05) is 13.1 Å². The minimum absolute atomic E-state index is 0.0846. The third-order valence-electron chi connectivity index (χ3n) is 5.14. The summed E-state index contributed by atoms with van der Waals surface area (Å²) in [5.74, 6) is 1.44. The van der Waals surface area contributed by atoms with Gasteiger partial charge in [0.1, 0.15) is 12.4 Å². The summed E-state index contributed by atoms with van der Waals surface area (Å²) in [5.41, 5.74) is 2.34. The fourth-order valence-corrected chi connectivity index (χ4v) is 3.56. The van der Waals surface area contributed by atoms with Crippen molar-refractivity contribution < 1.29 is 14.6 Å². The van der Waals surface area contributed by atoms with Gasteiger partial charge >= 0.3 is 0 Å². The molecule has 1 aliphatic heterocycles. The molecule has 1 saturated heterocycles. The Hall–Kier alpha value is -2.33. The Labute approximate surface area is 148 Å². The molecule has 4 rings (SSSR count). The molecular weight excluding hydrogens is 314 g/mol. The van der Waals surface area contributed by atoms with Crippen molar-refractivity contribution in [1.82, 2.24) is 4.90 Å². The zero-order valence-electron chi connectivity index (χ0n) is 14.2. The molecule has 1 saturated carbocycles. The Balaban J connectivity index is 1.31. The predicted octanol–water partition coefficient (Wildman–Crippen LogP) is 2.96. The van der Waals surface area contributed by atoms with E-state index < -0.39 is 0 Å². The summed E-state index contributed by atoms with van der Waals surface area (Å²) in [5, 5.41) is 9.59. The first kappa shape index (κ1) is 16.2. The number of aliphatic hydroxyl groups is 1. The van der Waals surface area contributed by atoms with Crippen molar-refractivity contribution in [2.24, 2.45) is 5.92 Å². The van der Waals surface area contributed by atoms with Gasteiger partial charge in [0, 0.05) is 19.0 Å². The zero-order valence-corrected chi connectivity index (χ0v) is 14.2. The van der Waals surface area contributed by atoms with Crippen LogP contribution in [0.5, 0.6) is 5.75 Å². The summed E-state index contributed by atoms with van der Waals surface area (Å²) in [6.45, 7) is 1.74. The minimum atomic E-state index is -0.345. The average Bonchev–Trinajstić information content (AvgIpc) is 3.34. The van der Waals surface area contributed by atoms with Gasteiger partial charge in [-0.2, -0.15) is 0 Å². The number of carbonyl (C=O) groups is 1. The van der Waals surface area contributed by atoms with Crippen LogP contribution in [0, 0.1) is 5.92 Å². The van der Waals surface area contributed by atoms with Gasteiger partial charge in [0.05, 0.1) is 6.10 Å². The maximum atomic E-state index is 12.5. The Morgan fingerprint density at radius 2 is 1.88 bits per heavy atom. The van der Waals surface area contributed by atoms with Crippen LogP contribution in [0.2, 0.25) is 0 Å². The maximum absolute atomic E-state index is 12.5.